The summed E-state index contributed by atoms with van der Waals surface area (Å²) in [5, 5.41) is 0. The molecule has 0 aromatic heterocycles. The molecule has 0 bridgehead atoms. The fourth-order valence-corrected chi connectivity index (χ4v) is 6.67. The van der Waals surface area contributed by atoms with E-state index in [-0.39, 0.29) is 23.7 Å². The second-order valence-electron chi connectivity index (χ2n) is 13.1. The van der Waals surface area contributed by atoms with Crippen LogP contribution in [0.15, 0.2) is 0 Å². The molecule has 252 valence electrons. The largest absolute Gasteiger partial charge is 0.392 e. The minimum Gasteiger partial charge on any atom is -0.171 e. The van der Waals surface area contributed by atoms with Crippen LogP contribution in [0.5, 0.6) is 0 Å². The highest BCUT2D eigenvalue weighted by Crippen LogP contribution is 2.44. The molecular formula is C30H48F12. The lowest BCUT2D eigenvalue weighted by atomic mass is 9.80. The highest BCUT2D eigenvalue weighted by molar-refractivity contribution is 4.80. The van der Waals surface area contributed by atoms with E-state index >= 15 is 0 Å². The molecule has 0 aliphatic heterocycles. The molecule has 0 aromatic rings. The average molecular weight is 637 g/mol. The van der Waals surface area contributed by atoms with Gasteiger partial charge in [-0.3, -0.25) is 0 Å². The van der Waals surface area contributed by atoms with E-state index in [1.807, 2.05) is 13.8 Å². The minimum absolute atomic E-state index is 0.153. The third-order valence-corrected chi connectivity index (χ3v) is 9.37. The van der Waals surface area contributed by atoms with Gasteiger partial charge in [0.2, 0.25) is 0 Å². The Hall–Kier alpha value is -0.840. The maximum absolute atomic E-state index is 12.2. The molecular weight excluding hydrogens is 588 g/mol. The van der Waals surface area contributed by atoms with Gasteiger partial charge in [0.15, 0.2) is 0 Å². The molecule has 12 heteroatoms. The summed E-state index contributed by atoms with van der Waals surface area (Å²) in [6.45, 7) is 7.17. The summed E-state index contributed by atoms with van der Waals surface area (Å²) in [6, 6.07) is 0. The number of halogens is 12. The van der Waals surface area contributed by atoms with Crippen molar-refractivity contribution in [2.75, 3.05) is 0 Å². The maximum atomic E-state index is 12.2. The topological polar surface area (TPSA) is 0 Å². The van der Waals surface area contributed by atoms with Crippen molar-refractivity contribution >= 4 is 0 Å². The molecule has 4 aliphatic rings. The molecule has 0 amide bonds. The molecule has 0 aromatic carbocycles. The van der Waals surface area contributed by atoms with Gasteiger partial charge in [-0.05, 0) is 62.2 Å². The predicted octanol–water partition coefficient (Wildman–Crippen LogP) is 12.7. The Bertz CT molecular complexity index is 737. The average Bonchev–Trinajstić information content (AvgIpc) is 3.47. The van der Waals surface area contributed by atoms with Gasteiger partial charge in [-0.2, -0.15) is 52.7 Å². The first-order chi connectivity index (χ1) is 19.0. The molecule has 4 fully saturated rings. The van der Waals surface area contributed by atoms with E-state index in [1.165, 1.54) is 0 Å². The number of alkyl halides is 12. The van der Waals surface area contributed by atoms with Gasteiger partial charge in [-0.25, -0.2) is 0 Å². The highest BCUT2D eigenvalue weighted by atomic mass is 19.4. The van der Waals surface area contributed by atoms with Gasteiger partial charge >= 0.3 is 24.7 Å². The number of hydrogen-bond donors (Lipinski definition) is 0. The van der Waals surface area contributed by atoms with Crippen molar-refractivity contribution in [3.63, 3.8) is 0 Å². The molecule has 0 nitrogen and oxygen atoms in total. The minimum atomic E-state index is -3.96. The van der Waals surface area contributed by atoms with E-state index in [2.05, 4.69) is 0 Å². The van der Waals surface area contributed by atoms with Gasteiger partial charge in [-0.1, -0.05) is 79.1 Å². The van der Waals surface area contributed by atoms with Crippen molar-refractivity contribution in [2.24, 2.45) is 47.3 Å². The summed E-state index contributed by atoms with van der Waals surface area (Å²) >= 11 is 0. The molecule has 0 N–H and O–H groups in total. The van der Waals surface area contributed by atoms with Crippen molar-refractivity contribution in [1.82, 2.24) is 0 Å². The van der Waals surface area contributed by atoms with Gasteiger partial charge in [0, 0.05) is 0 Å². The van der Waals surface area contributed by atoms with Crippen molar-refractivity contribution in [3.8, 4) is 0 Å². The monoisotopic (exact) mass is 636 g/mol. The summed E-state index contributed by atoms with van der Waals surface area (Å²) in [5.41, 5.74) is 0. The smallest absolute Gasteiger partial charge is 0.171 e. The summed E-state index contributed by atoms with van der Waals surface area (Å²) in [5.74, 6) is -3.87. The van der Waals surface area contributed by atoms with Crippen molar-refractivity contribution in [3.05, 3.63) is 0 Å². The Morgan fingerprint density at radius 2 is 0.714 bits per heavy atom. The summed E-state index contributed by atoms with van der Waals surface area (Å²) in [4.78, 5) is 0. The van der Waals surface area contributed by atoms with E-state index in [4.69, 9.17) is 0 Å². The van der Waals surface area contributed by atoms with E-state index < -0.39 is 48.4 Å². The van der Waals surface area contributed by atoms with Crippen LogP contribution >= 0.6 is 0 Å². The van der Waals surface area contributed by atoms with Crippen LogP contribution in [-0.4, -0.2) is 24.7 Å². The van der Waals surface area contributed by atoms with Crippen LogP contribution in [0.2, 0.25) is 0 Å². The Labute approximate surface area is 242 Å². The first-order valence-electron chi connectivity index (χ1n) is 15.3. The molecule has 4 saturated carbocycles. The molecule has 0 heterocycles. The van der Waals surface area contributed by atoms with Crippen LogP contribution in [0.4, 0.5) is 52.7 Å². The SMILES string of the molecule is CC1CCC(C(F)(F)F)C1.CC1CCCC(C(F)(F)F)C1.CC1CCCC1C(F)(F)F.CC1CCCCC1C(F)(F)F. The van der Waals surface area contributed by atoms with E-state index in [9.17, 15) is 52.7 Å². The third-order valence-electron chi connectivity index (χ3n) is 9.37. The van der Waals surface area contributed by atoms with Crippen molar-refractivity contribution in [1.29, 1.82) is 0 Å². The van der Waals surface area contributed by atoms with Gasteiger partial charge in [-0.15, -0.1) is 0 Å². The molecule has 8 atom stereocenters. The zero-order valence-electron chi connectivity index (χ0n) is 25.1. The first-order valence-corrected chi connectivity index (χ1v) is 15.3. The second-order valence-corrected chi connectivity index (χ2v) is 13.1. The molecule has 0 saturated heterocycles. The van der Waals surface area contributed by atoms with Crippen LogP contribution in [0.25, 0.3) is 0 Å². The Kier molecular flexibility index (Phi) is 15.4. The van der Waals surface area contributed by atoms with E-state index in [0.717, 1.165) is 51.4 Å². The first kappa shape index (κ1) is 39.2. The Morgan fingerprint density at radius 1 is 0.357 bits per heavy atom. The van der Waals surface area contributed by atoms with Crippen LogP contribution in [-0.2, 0) is 0 Å². The molecule has 4 aliphatic carbocycles. The molecule has 0 spiro atoms. The summed E-state index contributed by atoms with van der Waals surface area (Å²) in [6.07, 6.45) is -7.39. The van der Waals surface area contributed by atoms with Crippen molar-refractivity contribution in [2.45, 2.75) is 142 Å². The fourth-order valence-electron chi connectivity index (χ4n) is 6.67. The second kappa shape index (κ2) is 16.5. The quantitative estimate of drug-likeness (QED) is 0.232. The number of hydrogen-bond acceptors (Lipinski definition) is 0. The number of rotatable bonds is 0. The van der Waals surface area contributed by atoms with Crippen LogP contribution in [0, 0.1) is 47.3 Å². The lowest BCUT2D eigenvalue weighted by Gasteiger charge is -2.30. The third kappa shape index (κ3) is 14.3. The zero-order chi connectivity index (χ0) is 32.5. The lowest BCUT2D eigenvalue weighted by molar-refractivity contribution is -0.194. The fraction of sp³-hybridized carbons (Fsp3) is 1.00. The molecule has 4 rings (SSSR count). The van der Waals surface area contributed by atoms with E-state index in [1.54, 1.807) is 13.8 Å². The van der Waals surface area contributed by atoms with Crippen LogP contribution in [0.3, 0.4) is 0 Å². The van der Waals surface area contributed by atoms with E-state index in [0.29, 0.717) is 38.5 Å². The Morgan fingerprint density at radius 3 is 0.976 bits per heavy atom. The zero-order valence-corrected chi connectivity index (χ0v) is 25.1. The van der Waals surface area contributed by atoms with Gasteiger partial charge in [0.25, 0.3) is 0 Å². The molecule has 42 heavy (non-hydrogen) atoms. The predicted molar refractivity (Wildman–Crippen MR) is 139 cm³/mol. The highest BCUT2D eigenvalue weighted by Gasteiger charge is 2.46. The van der Waals surface area contributed by atoms with Crippen molar-refractivity contribution < 1.29 is 52.7 Å². The van der Waals surface area contributed by atoms with Gasteiger partial charge in [0.05, 0.1) is 23.7 Å². The Balaban J connectivity index is 0.000000280. The summed E-state index contributed by atoms with van der Waals surface area (Å²) in [7, 11) is 0. The maximum Gasteiger partial charge on any atom is 0.392 e. The molecule has 0 radical (unpaired) electrons. The normalized spacial score (nSPS) is 34.3. The van der Waals surface area contributed by atoms with Crippen LogP contribution < -0.4 is 0 Å². The molecule has 8 unspecified atom stereocenters. The van der Waals surface area contributed by atoms with Gasteiger partial charge < -0.3 is 0 Å². The van der Waals surface area contributed by atoms with Crippen LogP contribution in [0.1, 0.15) is 118 Å². The standard InChI is InChI=1S/2C8H13F3.2C7H11F3/c1-6-3-2-4-7(5-6)8(9,10)11;1-6-4-2-3-5-7(6)8(9,10)11;1-5-2-3-6(4-5)7(8,9)10;1-5-3-2-4-6(5)7(8,9)10/h2*6-7H,2-5H2,1H3;2*5-6H,2-4H2,1H3. The van der Waals surface area contributed by atoms with Gasteiger partial charge in [0.1, 0.15) is 0 Å². The lowest BCUT2D eigenvalue weighted by Crippen LogP contribution is -2.31. The summed E-state index contributed by atoms with van der Waals surface area (Å²) < 4.78 is 145.